The van der Waals surface area contributed by atoms with Gasteiger partial charge in [0.05, 0.1) is 12.2 Å². The first-order chi connectivity index (χ1) is 12.2. The number of nitrogens with zero attached hydrogens (tertiary/aromatic N) is 2. The maximum Gasteiger partial charge on any atom is 0.314 e. The third kappa shape index (κ3) is 4.01. The van der Waals surface area contributed by atoms with E-state index < -0.39 is 0 Å². The largest absolute Gasteiger partial charge is 0.488 e. The molecule has 8 nitrogen and oxygen atoms in total. The summed E-state index contributed by atoms with van der Waals surface area (Å²) in [6.45, 7) is 0.942. The molecule has 2 heterocycles. The zero-order valence-corrected chi connectivity index (χ0v) is 13.7. The van der Waals surface area contributed by atoms with Crippen LogP contribution in [0, 0.1) is 11.3 Å². The number of aromatic nitrogens is 2. The number of anilines is 1. The highest BCUT2D eigenvalue weighted by atomic mass is 16.5. The number of aromatic amines is 1. The molecule has 1 aliphatic rings. The Morgan fingerprint density at radius 1 is 1.44 bits per heavy atom. The van der Waals surface area contributed by atoms with Gasteiger partial charge in [-0.3, -0.25) is 5.10 Å². The highest BCUT2D eigenvalue weighted by molar-refractivity contribution is 5.73. The number of rotatable bonds is 6. The molecule has 3 rings (SSSR count). The zero-order chi connectivity index (χ0) is 17.6. The average molecular weight is 340 g/mol. The van der Waals surface area contributed by atoms with Gasteiger partial charge in [0.2, 0.25) is 0 Å². The number of ether oxygens (including phenoxy) is 1. The van der Waals surface area contributed by atoms with Crippen LogP contribution in [0.1, 0.15) is 23.2 Å². The highest BCUT2D eigenvalue weighted by Crippen LogP contribution is 2.27. The molecule has 0 saturated heterocycles. The van der Waals surface area contributed by atoms with Gasteiger partial charge in [-0.15, -0.1) is 0 Å². The number of nitrogens with one attached hydrogen (secondary N) is 3. The minimum absolute atomic E-state index is 0.0331. The lowest BCUT2D eigenvalue weighted by Gasteiger charge is -2.12. The van der Waals surface area contributed by atoms with Crippen molar-refractivity contribution in [3.63, 3.8) is 0 Å². The molecule has 2 aromatic rings. The molecule has 1 aromatic heterocycles. The van der Waals surface area contributed by atoms with E-state index in [2.05, 4.69) is 20.8 Å². The number of nitriles is 1. The van der Waals surface area contributed by atoms with Gasteiger partial charge in [0, 0.05) is 13.0 Å². The predicted molar refractivity (Wildman–Crippen MR) is 92.0 cm³/mol. The third-order valence-corrected chi connectivity index (χ3v) is 4.07. The van der Waals surface area contributed by atoms with Gasteiger partial charge in [-0.25, -0.2) is 4.79 Å². The number of urea groups is 1. The van der Waals surface area contributed by atoms with Gasteiger partial charge in [0.15, 0.2) is 5.82 Å². The fraction of sp³-hybridized carbons (Fsp3) is 0.353. The second-order valence-electron chi connectivity index (χ2n) is 5.87. The zero-order valence-electron chi connectivity index (χ0n) is 13.7. The summed E-state index contributed by atoms with van der Waals surface area (Å²) >= 11 is 0. The summed E-state index contributed by atoms with van der Waals surface area (Å²) in [5.41, 5.74) is 7.82. The Morgan fingerprint density at radius 2 is 2.28 bits per heavy atom. The second kappa shape index (κ2) is 7.57. The van der Waals surface area contributed by atoms with E-state index in [0.29, 0.717) is 37.2 Å². The van der Waals surface area contributed by atoms with Crippen molar-refractivity contribution in [2.75, 3.05) is 18.8 Å². The van der Waals surface area contributed by atoms with Gasteiger partial charge in [0.25, 0.3) is 0 Å². The van der Waals surface area contributed by atoms with Crippen LogP contribution in [0.3, 0.4) is 0 Å². The number of amides is 2. The second-order valence-corrected chi connectivity index (χ2v) is 5.87. The minimum Gasteiger partial charge on any atom is -0.488 e. The molecule has 0 fully saturated rings. The third-order valence-electron chi connectivity index (χ3n) is 4.07. The number of hydrogen-bond donors (Lipinski definition) is 4. The van der Waals surface area contributed by atoms with Gasteiger partial charge in [-0.2, -0.15) is 10.4 Å². The summed E-state index contributed by atoms with van der Waals surface area (Å²) in [5, 5.41) is 21.1. The highest BCUT2D eigenvalue weighted by Gasteiger charge is 2.22. The molecule has 1 atom stereocenters. The van der Waals surface area contributed by atoms with Gasteiger partial charge in [-0.05, 0) is 24.5 Å². The van der Waals surface area contributed by atoms with Crippen molar-refractivity contribution in [3.8, 4) is 11.8 Å². The van der Waals surface area contributed by atoms with Crippen LogP contribution in [0.5, 0.6) is 5.75 Å². The lowest BCUT2D eigenvalue weighted by Crippen LogP contribution is -2.41. The van der Waals surface area contributed by atoms with Crippen molar-refractivity contribution < 1.29 is 9.53 Å². The number of hydrogen-bond acceptors (Lipinski definition) is 5. The van der Waals surface area contributed by atoms with Gasteiger partial charge in [0.1, 0.15) is 23.5 Å². The summed E-state index contributed by atoms with van der Waals surface area (Å²) in [6, 6.07) is 9.68. The van der Waals surface area contributed by atoms with E-state index in [4.69, 9.17) is 15.7 Å². The molecular formula is C17H20N6O2. The van der Waals surface area contributed by atoms with Crippen molar-refractivity contribution in [1.82, 2.24) is 20.8 Å². The molecule has 1 aromatic carbocycles. The lowest BCUT2D eigenvalue weighted by molar-refractivity contribution is 0.214. The van der Waals surface area contributed by atoms with Crippen molar-refractivity contribution in [2.24, 2.45) is 0 Å². The van der Waals surface area contributed by atoms with E-state index in [-0.39, 0.29) is 18.0 Å². The van der Waals surface area contributed by atoms with Crippen LogP contribution < -0.4 is 21.1 Å². The first kappa shape index (κ1) is 16.6. The maximum absolute atomic E-state index is 11.8. The molecule has 0 spiro atoms. The number of aryl methyl sites for hydroxylation is 1. The number of fused-ring (bicyclic) bond motifs is 1. The fourth-order valence-corrected chi connectivity index (χ4v) is 2.80. The molecular weight excluding hydrogens is 320 g/mol. The smallest absolute Gasteiger partial charge is 0.314 e. The molecule has 25 heavy (non-hydrogen) atoms. The SMILES string of the molecule is N#Cc1c(N)n[nH]c1CCCNC(=O)NC[C@H]1Cc2ccccc2O1. The molecule has 0 radical (unpaired) electrons. The standard InChI is InChI=1S/C17H20N6O2/c18-9-13-14(22-23-16(13)19)5-3-7-20-17(24)21-10-12-8-11-4-1-2-6-15(11)25-12/h1-2,4,6,12H,3,5,7-8,10H2,(H3,19,22,23)(H2,20,21,24)/t12-/m1/s1. The number of nitrogens with two attached hydrogens (primary N) is 1. The fourth-order valence-electron chi connectivity index (χ4n) is 2.80. The van der Waals surface area contributed by atoms with Crippen LogP contribution >= 0.6 is 0 Å². The van der Waals surface area contributed by atoms with Gasteiger partial charge in [-0.1, -0.05) is 18.2 Å². The molecule has 5 N–H and O–H groups in total. The normalized spacial score (nSPS) is 15.1. The molecule has 2 amide bonds. The van der Waals surface area contributed by atoms with E-state index >= 15 is 0 Å². The van der Waals surface area contributed by atoms with Gasteiger partial charge < -0.3 is 21.1 Å². The Kier molecular flexibility index (Phi) is 5.04. The number of benzene rings is 1. The molecule has 0 aliphatic carbocycles. The topological polar surface area (TPSA) is 129 Å². The summed E-state index contributed by atoms with van der Waals surface area (Å²) < 4.78 is 5.77. The quantitative estimate of drug-likeness (QED) is 0.585. The predicted octanol–water partition coefficient (Wildman–Crippen LogP) is 1.10. The minimum atomic E-state index is -0.232. The number of nitrogen functional groups attached to an aromatic ring is 1. The maximum atomic E-state index is 11.8. The Hall–Kier alpha value is -3.21. The van der Waals surface area contributed by atoms with E-state index in [1.165, 1.54) is 5.56 Å². The Bertz CT molecular complexity index is 770. The molecule has 1 aliphatic heterocycles. The summed E-state index contributed by atoms with van der Waals surface area (Å²) in [4.78, 5) is 11.8. The number of carbonyl (C=O) groups excluding carboxylic acids is 1. The Morgan fingerprint density at radius 3 is 3.08 bits per heavy atom. The van der Waals surface area contributed by atoms with E-state index in [1.807, 2.05) is 30.3 Å². The van der Waals surface area contributed by atoms with Crippen LogP contribution in [-0.2, 0) is 12.8 Å². The summed E-state index contributed by atoms with van der Waals surface area (Å²) in [6.07, 6.45) is 2.03. The van der Waals surface area contributed by atoms with Crippen molar-refractivity contribution in [1.29, 1.82) is 5.26 Å². The lowest BCUT2D eigenvalue weighted by atomic mass is 10.1. The van der Waals surface area contributed by atoms with Crippen LogP contribution in [0.4, 0.5) is 10.6 Å². The van der Waals surface area contributed by atoms with Gasteiger partial charge >= 0.3 is 6.03 Å². The van der Waals surface area contributed by atoms with E-state index in [0.717, 1.165) is 12.2 Å². The summed E-state index contributed by atoms with van der Waals surface area (Å²) in [5.74, 6) is 1.10. The molecule has 0 unspecified atom stereocenters. The number of H-pyrrole nitrogens is 1. The molecule has 8 heteroatoms. The number of para-hydroxylation sites is 1. The van der Waals surface area contributed by atoms with E-state index in [1.54, 1.807) is 0 Å². The molecule has 0 saturated carbocycles. The van der Waals surface area contributed by atoms with Crippen LogP contribution in [0.15, 0.2) is 24.3 Å². The molecule has 0 bridgehead atoms. The van der Waals surface area contributed by atoms with Crippen molar-refractivity contribution >= 4 is 11.8 Å². The monoisotopic (exact) mass is 340 g/mol. The van der Waals surface area contributed by atoms with Crippen molar-refractivity contribution in [2.45, 2.75) is 25.4 Å². The molecule has 130 valence electrons. The Labute approximate surface area is 145 Å². The Balaban J connectivity index is 1.33. The van der Waals surface area contributed by atoms with Crippen LogP contribution in [0.2, 0.25) is 0 Å². The van der Waals surface area contributed by atoms with Crippen LogP contribution in [-0.4, -0.2) is 35.4 Å². The first-order valence-electron chi connectivity index (χ1n) is 8.16. The van der Waals surface area contributed by atoms with Crippen molar-refractivity contribution in [3.05, 3.63) is 41.1 Å². The first-order valence-corrected chi connectivity index (χ1v) is 8.16. The number of carbonyl (C=O) groups is 1. The van der Waals surface area contributed by atoms with E-state index in [9.17, 15) is 4.79 Å². The summed E-state index contributed by atoms with van der Waals surface area (Å²) in [7, 11) is 0. The van der Waals surface area contributed by atoms with Crippen LogP contribution in [0.25, 0.3) is 0 Å². The average Bonchev–Trinajstić information content (AvgIpc) is 3.19.